The first-order valence-electron chi connectivity index (χ1n) is 13.3. The van der Waals surface area contributed by atoms with E-state index >= 15 is 0 Å². The summed E-state index contributed by atoms with van der Waals surface area (Å²) in [7, 11) is 0. The molecule has 3 aromatic carbocycles. The van der Waals surface area contributed by atoms with Gasteiger partial charge in [0.1, 0.15) is 0 Å². The number of carbonyl (C=O) groups excluding carboxylic acids is 1. The minimum absolute atomic E-state index is 0.0138. The number of aromatic nitrogens is 1. The largest absolute Gasteiger partial charge is 0.478 e. The number of amides is 1. The van der Waals surface area contributed by atoms with Gasteiger partial charge in [-0.1, -0.05) is 55.8 Å². The zero-order valence-corrected chi connectivity index (χ0v) is 21.7. The van der Waals surface area contributed by atoms with Gasteiger partial charge in [0.2, 0.25) is 0 Å². The topological polar surface area (TPSA) is 79.6 Å². The fraction of sp³-hybridized carbons (Fsp3) is 0.281. The fourth-order valence-electron chi connectivity index (χ4n) is 5.27. The lowest BCUT2D eigenvalue weighted by atomic mass is 9.98. The monoisotopic (exact) mass is 508 g/mol. The Hall–Kier alpha value is -4.19. The molecule has 0 spiro atoms. The van der Waals surface area contributed by atoms with Gasteiger partial charge in [0.25, 0.3) is 5.91 Å². The van der Waals surface area contributed by atoms with E-state index in [9.17, 15) is 19.5 Å². The highest BCUT2D eigenvalue weighted by Crippen LogP contribution is 2.25. The summed E-state index contributed by atoms with van der Waals surface area (Å²) in [6.45, 7) is 4.19. The Morgan fingerprint density at radius 1 is 0.947 bits per heavy atom. The number of pyridine rings is 1. The molecule has 6 nitrogen and oxygen atoms in total. The third kappa shape index (κ3) is 5.12. The number of carbonyl (C=O) groups is 2. The van der Waals surface area contributed by atoms with Crippen LogP contribution in [-0.2, 0) is 13.0 Å². The van der Waals surface area contributed by atoms with E-state index in [-0.39, 0.29) is 16.9 Å². The van der Waals surface area contributed by atoms with E-state index in [1.165, 1.54) is 0 Å². The molecule has 4 aromatic rings. The Morgan fingerprint density at radius 3 is 2.39 bits per heavy atom. The molecule has 1 saturated heterocycles. The maximum Gasteiger partial charge on any atom is 0.336 e. The van der Waals surface area contributed by atoms with Crippen LogP contribution in [0.4, 0.5) is 0 Å². The first-order valence-corrected chi connectivity index (χ1v) is 13.3. The number of unbranched alkanes of at least 4 members (excludes halogenated alkanes) is 1. The van der Waals surface area contributed by atoms with E-state index in [0.717, 1.165) is 61.0 Å². The molecular weight excluding hydrogens is 476 g/mol. The summed E-state index contributed by atoms with van der Waals surface area (Å²) in [5, 5.41) is 10.2. The molecule has 5 rings (SSSR count). The molecule has 0 aliphatic carbocycles. The van der Waals surface area contributed by atoms with Crippen molar-refractivity contribution in [3.63, 3.8) is 0 Å². The van der Waals surface area contributed by atoms with E-state index in [4.69, 9.17) is 0 Å². The zero-order valence-electron chi connectivity index (χ0n) is 21.7. The zero-order chi connectivity index (χ0) is 26.6. The molecular formula is C32H32N2O4. The van der Waals surface area contributed by atoms with Crippen LogP contribution in [-0.4, -0.2) is 39.5 Å². The Kier molecular flexibility index (Phi) is 7.40. The average Bonchev–Trinajstić information content (AvgIpc) is 3.49. The lowest BCUT2D eigenvalue weighted by Crippen LogP contribution is -2.27. The van der Waals surface area contributed by atoms with E-state index < -0.39 is 5.97 Å². The number of aromatic carboxylic acids is 1. The van der Waals surface area contributed by atoms with Crippen molar-refractivity contribution in [1.29, 1.82) is 0 Å². The van der Waals surface area contributed by atoms with Crippen molar-refractivity contribution in [3.05, 3.63) is 105 Å². The van der Waals surface area contributed by atoms with E-state index in [1.54, 1.807) is 24.3 Å². The maximum absolute atomic E-state index is 13.3. The van der Waals surface area contributed by atoms with Crippen molar-refractivity contribution < 1.29 is 14.7 Å². The normalized spacial score (nSPS) is 13.2. The molecule has 0 radical (unpaired) electrons. The van der Waals surface area contributed by atoms with Crippen LogP contribution in [0.2, 0.25) is 0 Å². The highest BCUT2D eigenvalue weighted by atomic mass is 16.4. The van der Waals surface area contributed by atoms with Gasteiger partial charge >= 0.3 is 5.97 Å². The molecule has 1 aliphatic rings. The molecule has 0 saturated carbocycles. The van der Waals surface area contributed by atoms with Gasteiger partial charge in [-0.05, 0) is 66.6 Å². The predicted molar refractivity (Wildman–Crippen MR) is 150 cm³/mol. The first-order chi connectivity index (χ1) is 18.5. The number of hydrogen-bond acceptors (Lipinski definition) is 3. The lowest BCUT2D eigenvalue weighted by molar-refractivity contribution is 0.0697. The van der Waals surface area contributed by atoms with Crippen molar-refractivity contribution in [1.82, 2.24) is 9.47 Å². The second-order valence-electron chi connectivity index (χ2n) is 9.99. The van der Waals surface area contributed by atoms with E-state index in [1.807, 2.05) is 53.6 Å². The first kappa shape index (κ1) is 25.5. The number of likely N-dealkylation sites (tertiary alicyclic amines) is 1. The standard InChI is InChI=1S/C32H32N2O4/c1-2-3-8-25-21-34(20-22-11-13-23(14-12-22)26-9-4-5-10-27(26)32(37)38)29-19-24(15-16-28(29)30(25)35)31(36)33-17-6-7-18-33/h4-5,9-16,19,21H,2-3,6-8,17-18,20H2,1H3,(H,37,38). The van der Waals surface area contributed by atoms with Crippen molar-refractivity contribution in [2.24, 2.45) is 0 Å². The number of fused-ring (bicyclic) bond motifs is 1. The van der Waals surface area contributed by atoms with Gasteiger partial charge in [0.15, 0.2) is 5.43 Å². The van der Waals surface area contributed by atoms with Crippen LogP contribution in [0.1, 0.15) is 64.4 Å². The van der Waals surface area contributed by atoms with Gasteiger partial charge in [-0.3, -0.25) is 9.59 Å². The van der Waals surface area contributed by atoms with Gasteiger partial charge in [-0.25, -0.2) is 4.79 Å². The Morgan fingerprint density at radius 2 is 1.68 bits per heavy atom. The minimum Gasteiger partial charge on any atom is -0.478 e. The van der Waals surface area contributed by atoms with Crippen molar-refractivity contribution in [2.45, 2.75) is 45.6 Å². The molecule has 194 valence electrons. The molecule has 1 aromatic heterocycles. The molecule has 0 unspecified atom stereocenters. The smallest absolute Gasteiger partial charge is 0.336 e. The average molecular weight is 509 g/mol. The molecule has 38 heavy (non-hydrogen) atoms. The van der Waals surface area contributed by atoms with Gasteiger partial charge in [-0.2, -0.15) is 0 Å². The Balaban J connectivity index is 1.53. The number of rotatable bonds is 8. The molecule has 1 aliphatic heterocycles. The molecule has 0 atom stereocenters. The van der Waals surface area contributed by atoms with Gasteiger partial charge in [-0.15, -0.1) is 0 Å². The molecule has 1 amide bonds. The summed E-state index contributed by atoms with van der Waals surface area (Å²) in [5.41, 5.74) is 4.96. The van der Waals surface area contributed by atoms with Crippen molar-refractivity contribution in [2.75, 3.05) is 13.1 Å². The summed E-state index contributed by atoms with van der Waals surface area (Å²) in [5.74, 6) is -0.941. The van der Waals surface area contributed by atoms with Crippen LogP contribution >= 0.6 is 0 Å². The number of hydrogen-bond donors (Lipinski definition) is 1. The second-order valence-corrected chi connectivity index (χ2v) is 9.99. The quantitative estimate of drug-likeness (QED) is 0.317. The second kappa shape index (κ2) is 11.1. The Bertz CT molecular complexity index is 1550. The van der Waals surface area contributed by atoms with Crippen LogP contribution in [0, 0.1) is 0 Å². The molecule has 1 fully saturated rings. The minimum atomic E-state index is -0.955. The number of aryl methyl sites for hydroxylation is 1. The van der Waals surface area contributed by atoms with Crippen LogP contribution in [0.3, 0.4) is 0 Å². The van der Waals surface area contributed by atoms with Gasteiger partial charge in [0.05, 0.1) is 11.1 Å². The summed E-state index contributed by atoms with van der Waals surface area (Å²) in [6.07, 6.45) is 6.64. The van der Waals surface area contributed by atoms with Crippen LogP contribution < -0.4 is 5.43 Å². The number of benzene rings is 3. The molecule has 2 heterocycles. The van der Waals surface area contributed by atoms with Crippen LogP contribution in [0.5, 0.6) is 0 Å². The SMILES string of the molecule is CCCCc1cn(Cc2ccc(-c3ccccc3C(=O)O)cc2)c2cc(C(=O)N3CCCC3)ccc2c1=O. The Labute approximate surface area is 222 Å². The molecule has 6 heteroatoms. The van der Waals surface area contributed by atoms with E-state index in [2.05, 4.69) is 11.5 Å². The summed E-state index contributed by atoms with van der Waals surface area (Å²) >= 11 is 0. The number of nitrogens with zero attached hydrogens (tertiary/aromatic N) is 2. The third-order valence-electron chi connectivity index (χ3n) is 7.37. The van der Waals surface area contributed by atoms with Crippen LogP contribution in [0.25, 0.3) is 22.0 Å². The maximum atomic E-state index is 13.3. The van der Waals surface area contributed by atoms with E-state index in [0.29, 0.717) is 29.5 Å². The number of carboxylic acid groups (broad SMARTS) is 1. The van der Waals surface area contributed by atoms with Gasteiger partial charge in [0, 0.05) is 42.3 Å². The molecule has 0 bridgehead atoms. The summed E-state index contributed by atoms with van der Waals surface area (Å²) in [4.78, 5) is 40.0. The van der Waals surface area contributed by atoms with Crippen molar-refractivity contribution in [3.8, 4) is 11.1 Å². The predicted octanol–water partition coefficient (Wildman–Crippen LogP) is 5.99. The van der Waals surface area contributed by atoms with Gasteiger partial charge < -0.3 is 14.6 Å². The lowest BCUT2D eigenvalue weighted by Gasteiger charge is -2.18. The fourth-order valence-corrected chi connectivity index (χ4v) is 5.27. The third-order valence-corrected chi connectivity index (χ3v) is 7.37. The number of carboxylic acids is 1. The molecule has 1 N–H and O–H groups in total. The van der Waals surface area contributed by atoms with Crippen LogP contribution in [0.15, 0.2) is 77.7 Å². The highest BCUT2D eigenvalue weighted by Gasteiger charge is 2.21. The highest BCUT2D eigenvalue weighted by molar-refractivity contribution is 5.98. The summed E-state index contributed by atoms with van der Waals surface area (Å²) in [6, 6.07) is 20.3. The summed E-state index contributed by atoms with van der Waals surface area (Å²) < 4.78 is 2.07. The van der Waals surface area contributed by atoms with Crippen molar-refractivity contribution >= 4 is 22.8 Å².